The molecule has 0 amide bonds. The van der Waals surface area contributed by atoms with Gasteiger partial charge in [-0.1, -0.05) is 12.1 Å². The van der Waals surface area contributed by atoms with Crippen LogP contribution in [-0.4, -0.2) is 13.1 Å². The van der Waals surface area contributed by atoms with Crippen LogP contribution in [0.4, 0.5) is 0 Å². The lowest BCUT2D eigenvalue weighted by molar-refractivity contribution is 0.0600. The second kappa shape index (κ2) is 6.37. The van der Waals surface area contributed by atoms with Gasteiger partial charge >= 0.3 is 5.97 Å². The number of hydrogen-bond donors (Lipinski definition) is 1. The maximum Gasteiger partial charge on any atom is 0.337 e. The van der Waals surface area contributed by atoms with Gasteiger partial charge in [-0.25, -0.2) is 10.7 Å². The van der Waals surface area contributed by atoms with Crippen LogP contribution >= 0.6 is 12.4 Å². The van der Waals surface area contributed by atoms with E-state index in [0.717, 1.165) is 5.56 Å². The summed E-state index contributed by atoms with van der Waals surface area (Å²) in [6.45, 7) is 0.283. The highest BCUT2D eigenvalue weighted by atomic mass is 35.5. The van der Waals surface area contributed by atoms with Crippen LogP contribution in [0, 0.1) is 0 Å². The molecular weight excluding hydrogens is 206 g/mol. The van der Waals surface area contributed by atoms with E-state index in [4.69, 9.17) is 5.90 Å². The number of nitrogens with two attached hydrogens (primary N) is 1. The molecule has 0 fully saturated rings. The van der Waals surface area contributed by atoms with Crippen molar-refractivity contribution in [3.63, 3.8) is 0 Å². The zero-order valence-electron chi connectivity index (χ0n) is 7.73. The maximum atomic E-state index is 11.1. The Bertz CT molecular complexity index is 304. The summed E-state index contributed by atoms with van der Waals surface area (Å²) in [7, 11) is 1.34. The molecule has 2 N–H and O–H groups in total. The Kier molecular flexibility index (Phi) is 5.87. The number of benzene rings is 1. The van der Waals surface area contributed by atoms with E-state index >= 15 is 0 Å². The zero-order chi connectivity index (χ0) is 9.68. The van der Waals surface area contributed by atoms with Gasteiger partial charge in [0.1, 0.15) is 0 Å². The lowest BCUT2D eigenvalue weighted by Gasteiger charge is -2.01. The quantitative estimate of drug-likeness (QED) is 0.612. The summed E-state index contributed by atoms with van der Waals surface area (Å²) >= 11 is 0. The van der Waals surface area contributed by atoms with Crippen molar-refractivity contribution in [1.29, 1.82) is 0 Å². The number of hydrogen-bond acceptors (Lipinski definition) is 4. The van der Waals surface area contributed by atoms with Gasteiger partial charge in [-0.3, -0.25) is 4.84 Å². The second-order valence-electron chi connectivity index (χ2n) is 2.50. The van der Waals surface area contributed by atoms with Crippen LogP contribution in [0.5, 0.6) is 0 Å². The van der Waals surface area contributed by atoms with Gasteiger partial charge in [0.05, 0.1) is 19.3 Å². The molecule has 0 aromatic heterocycles. The number of carbonyl (C=O) groups excluding carboxylic acids is 1. The van der Waals surface area contributed by atoms with Crippen LogP contribution in [0.25, 0.3) is 0 Å². The molecule has 78 valence electrons. The molecule has 5 heteroatoms. The Labute approximate surface area is 88.4 Å². The fourth-order valence-corrected chi connectivity index (χ4v) is 1.00. The monoisotopic (exact) mass is 217 g/mol. The van der Waals surface area contributed by atoms with Gasteiger partial charge in [-0.15, -0.1) is 12.4 Å². The van der Waals surface area contributed by atoms with Crippen LogP contribution in [0.15, 0.2) is 24.3 Å². The number of ether oxygens (including phenoxy) is 1. The number of carbonyl (C=O) groups is 1. The average Bonchev–Trinajstić information content (AvgIpc) is 2.18. The molecule has 0 unspecified atom stereocenters. The summed E-state index contributed by atoms with van der Waals surface area (Å²) in [4.78, 5) is 15.5. The molecule has 0 heterocycles. The van der Waals surface area contributed by atoms with Crippen molar-refractivity contribution >= 4 is 18.4 Å². The Morgan fingerprint density at radius 1 is 1.50 bits per heavy atom. The maximum absolute atomic E-state index is 11.1. The smallest absolute Gasteiger partial charge is 0.337 e. The number of rotatable bonds is 3. The van der Waals surface area contributed by atoms with Gasteiger partial charge in [-0.2, -0.15) is 0 Å². The zero-order valence-corrected chi connectivity index (χ0v) is 8.54. The largest absolute Gasteiger partial charge is 0.465 e. The molecule has 0 atom stereocenters. The Morgan fingerprint density at radius 2 is 2.21 bits per heavy atom. The molecule has 1 aromatic carbocycles. The summed E-state index contributed by atoms with van der Waals surface area (Å²) in [5.41, 5.74) is 1.34. The van der Waals surface area contributed by atoms with Crippen molar-refractivity contribution in [2.75, 3.05) is 7.11 Å². The average molecular weight is 218 g/mol. The Morgan fingerprint density at radius 3 is 2.79 bits per heavy atom. The first kappa shape index (κ1) is 12.9. The summed E-state index contributed by atoms with van der Waals surface area (Å²) < 4.78 is 4.56. The molecule has 1 aromatic rings. The van der Waals surface area contributed by atoms with E-state index in [9.17, 15) is 4.79 Å². The third-order valence-electron chi connectivity index (χ3n) is 1.60. The Balaban J connectivity index is 0.00000169. The summed E-state index contributed by atoms with van der Waals surface area (Å²) in [5, 5.41) is 0. The third kappa shape index (κ3) is 3.33. The Hall–Kier alpha value is -1.10. The molecule has 0 radical (unpaired) electrons. The number of methoxy groups -OCH3 is 1. The highest BCUT2D eigenvalue weighted by Crippen LogP contribution is 2.06. The standard InChI is InChI=1S/C9H11NO3.ClH/c1-12-9(11)8-4-2-3-7(5-8)6-13-10;/h2-5H,6,10H2,1H3;1H. The topological polar surface area (TPSA) is 61.5 Å². The van der Waals surface area contributed by atoms with E-state index in [1.165, 1.54) is 7.11 Å². The molecule has 0 aliphatic rings. The van der Waals surface area contributed by atoms with Crippen LogP contribution in [0.3, 0.4) is 0 Å². The predicted octanol–water partition coefficient (Wildman–Crippen LogP) is 1.29. The molecule has 0 bridgehead atoms. The molecule has 14 heavy (non-hydrogen) atoms. The van der Waals surface area contributed by atoms with Crippen molar-refractivity contribution in [1.82, 2.24) is 0 Å². The van der Waals surface area contributed by atoms with Crippen molar-refractivity contribution < 1.29 is 14.4 Å². The highest BCUT2D eigenvalue weighted by Gasteiger charge is 2.04. The van der Waals surface area contributed by atoms with Crippen LogP contribution < -0.4 is 5.90 Å². The van der Waals surface area contributed by atoms with E-state index < -0.39 is 0 Å². The highest BCUT2D eigenvalue weighted by molar-refractivity contribution is 5.89. The second-order valence-corrected chi connectivity index (χ2v) is 2.50. The molecular formula is C9H12ClNO3. The molecule has 0 aliphatic carbocycles. The SMILES string of the molecule is COC(=O)c1cccc(CON)c1.Cl. The minimum Gasteiger partial charge on any atom is -0.465 e. The fraction of sp³-hybridized carbons (Fsp3) is 0.222. The van der Waals surface area contributed by atoms with Gasteiger partial charge < -0.3 is 4.74 Å². The van der Waals surface area contributed by atoms with Crippen molar-refractivity contribution in [2.45, 2.75) is 6.61 Å². The molecule has 0 aliphatic heterocycles. The fourth-order valence-electron chi connectivity index (χ4n) is 1.00. The minimum atomic E-state index is -0.362. The van der Waals surface area contributed by atoms with E-state index in [1.54, 1.807) is 18.2 Å². The van der Waals surface area contributed by atoms with E-state index in [2.05, 4.69) is 9.57 Å². The number of halogens is 1. The van der Waals surface area contributed by atoms with Gasteiger partial charge in [0, 0.05) is 0 Å². The minimum absolute atomic E-state index is 0. The van der Waals surface area contributed by atoms with Crippen LogP contribution in [0.2, 0.25) is 0 Å². The summed E-state index contributed by atoms with van der Waals surface area (Å²) in [5.74, 6) is 4.54. The van der Waals surface area contributed by atoms with Crippen LogP contribution in [-0.2, 0) is 16.2 Å². The van der Waals surface area contributed by atoms with Crippen molar-refractivity contribution in [3.8, 4) is 0 Å². The molecule has 0 saturated carbocycles. The van der Waals surface area contributed by atoms with Crippen molar-refractivity contribution in [3.05, 3.63) is 35.4 Å². The molecule has 0 spiro atoms. The molecule has 0 saturated heterocycles. The lowest BCUT2D eigenvalue weighted by Crippen LogP contribution is -2.03. The van der Waals surface area contributed by atoms with Crippen molar-refractivity contribution in [2.24, 2.45) is 5.90 Å². The first-order valence-corrected chi connectivity index (χ1v) is 3.77. The number of esters is 1. The van der Waals surface area contributed by atoms with Gasteiger partial charge in [0.25, 0.3) is 0 Å². The summed E-state index contributed by atoms with van der Waals surface area (Å²) in [6, 6.07) is 6.92. The molecule has 4 nitrogen and oxygen atoms in total. The van der Waals surface area contributed by atoms with Gasteiger partial charge in [0.15, 0.2) is 0 Å². The predicted molar refractivity (Wildman–Crippen MR) is 54.0 cm³/mol. The van der Waals surface area contributed by atoms with Gasteiger partial charge in [-0.05, 0) is 17.7 Å². The van der Waals surface area contributed by atoms with E-state index in [0.29, 0.717) is 5.56 Å². The van der Waals surface area contributed by atoms with E-state index in [1.807, 2.05) is 6.07 Å². The summed E-state index contributed by atoms with van der Waals surface area (Å²) in [6.07, 6.45) is 0. The molecule has 1 rings (SSSR count). The van der Waals surface area contributed by atoms with Crippen LogP contribution in [0.1, 0.15) is 15.9 Å². The van der Waals surface area contributed by atoms with E-state index in [-0.39, 0.29) is 25.0 Å². The van der Waals surface area contributed by atoms with Gasteiger partial charge in [0.2, 0.25) is 0 Å². The normalized spacial score (nSPS) is 9.00. The lowest BCUT2D eigenvalue weighted by atomic mass is 10.1. The first-order chi connectivity index (χ1) is 6.27. The first-order valence-electron chi connectivity index (χ1n) is 3.77. The third-order valence-corrected chi connectivity index (χ3v) is 1.60.